The summed E-state index contributed by atoms with van der Waals surface area (Å²) >= 11 is 8.30. The number of carbonyl (C=O) groups is 3. The minimum Gasteiger partial charge on any atom is -0.421 e. The maximum atomic E-state index is 12.9. The number of nitrogen functional groups attached to an aromatic ring is 1. The topological polar surface area (TPSA) is 102 Å². The van der Waals surface area contributed by atoms with Crippen molar-refractivity contribution in [2.45, 2.75) is 6.92 Å². The summed E-state index contributed by atoms with van der Waals surface area (Å²) in [6, 6.07) is 18.3. The first kappa shape index (κ1) is 22.8. The lowest BCUT2D eigenvalue weighted by atomic mass is 10.2. The van der Waals surface area contributed by atoms with E-state index < -0.39 is 17.8 Å². The predicted molar refractivity (Wildman–Crippen MR) is 135 cm³/mol. The van der Waals surface area contributed by atoms with Crippen LogP contribution >= 0.6 is 34.2 Å². The Kier molecular flexibility index (Phi) is 6.39. The molecular weight excluding hydrogens is 557 g/mol. The van der Waals surface area contributed by atoms with Crippen LogP contribution in [0.4, 0.5) is 17.1 Å². The van der Waals surface area contributed by atoms with Crippen LogP contribution in [0.15, 0.2) is 77.5 Å². The molecule has 3 aromatic carbocycles. The Hall–Kier alpha value is -3.37. The molecule has 1 aliphatic heterocycles. The number of aryl methyl sites for hydroxylation is 1. The number of esters is 1. The predicted octanol–water partition coefficient (Wildman–Crippen LogP) is 4.84. The zero-order valence-electron chi connectivity index (χ0n) is 17.3. The molecule has 9 heteroatoms. The Balaban J connectivity index is 1.48. The highest BCUT2D eigenvalue weighted by atomic mass is 127. The molecule has 0 saturated carbocycles. The second-order valence-electron chi connectivity index (χ2n) is 7.24. The van der Waals surface area contributed by atoms with Crippen LogP contribution in [0.3, 0.4) is 0 Å². The Morgan fingerprint density at radius 2 is 1.67 bits per heavy atom. The van der Waals surface area contributed by atoms with Gasteiger partial charge in [0.05, 0.1) is 16.9 Å². The Labute approximate surface area is 208 Å². The van der Waals surface area contributed by atoms with Gasteiger partial charge >= 0.3 is 5.97 Å². The highest BCUT2D eigenvalue weighted by Gasteiger charge is 2.38. The standard InChI is InChI=1S/C24H17ClIN3O4/c1-13-2-11-19(18(27)12-13)33-24(32)14-3-7-16(8-4-14)28-21-20(25)22(30)29(23(21)31)17-9-5-15(26)6-10-17/h2-12,28H,27H2,1H3. The summed E-state index contributed by atoms with van der Waals surface area (Å²) < 4.78 is 6.33. The van der Waals surface area contributed by atoms with Crippen LogP contribution < -0.4 is 20.7 Å². The minimum absolute atomic E-state index is 0.0389. The smallest absolute Gasteiger partial charge is 0.343 e. The Morgan fingerprint density at radius 1 is 1.00 bits per heavy atom. The molecule has 0 fully saturated rings. The third-order valence-electron chi connectivity index (χ3n) is 4.87. The van der Waals surface area contributed by atoms with E-state index in [4.69, 9.17) is 22.1 Å². The van der Waals surface area contributed by atoms with Crippen LogP contribution in [0.1, 0.15) is 15.9 Å². The van der Waals surface area contributed by atoms with Crippen molar-refractivity contribution in [3.8, 4) is 5.75 Å². The number of ether oxygens (including phenoxy) is 1. The van der Waals surface area contributed by atoms with Gasteiger partial charge in [0.1, 0.15) is 10.7 Å². The molecule has 0 spiro atoms. The molecule has 0 aromatic heterocycles. The van der Waals surface area contributed by atoms with Gasteiger partial charge in [-0.15, -0.1) is 0 Å². The number of anilines is 3. The molecule has 0 saturated heterocycles. The maximum Gasteiger partial charge on any atom is 0.343 e. The Morgan fingerprint density at radius 3 is 2.30 bits per heavy atom. The summed E-state index contributed by atoms with van der Waals surface area (Å²) in [6.07, 6.45) is 0. The van der Waals surface area contributed by atoms with Gasteiger partial charge in [-0.05, 0) is 95.7 Å². The van der Waals surface area contributed by atoms with Gasteiger partial charge in [-0.2, -0.15) is 0 Å². The number of imide groups is 1. The van der Waals surface area contributed by atoms with Crippen molar-refractivity contribution in [2.24, 2.45) is 0 Å². The van der Waals surface area contributed by atoms with Crippen molar-refractivity contribution in [2.75, 3.05) is 16.0 Å². The molecule has 2 amide bonds. The number of halogens is 2. The third-order valence-corrected chi connectivity index (χ3v) is 5.94. The first-order valence-corrected chi connectivity index (χ1v) is 11.2. The van der Waals surface area contributed by atoms with E-state index in [1.165, 1.54) is 12.1 Å². The second-order valence-corrected chi connectivity index (χ2v) is 8.87. The number of nitrogens with zero attached hydrogens (tertiary/aromatic N) is 1. The lowest BCUT2D eigenvalue weighted by Gasteiger charge is -2.15. The zero-order chi connectivity index (χ0) is 23.7. The lowest BCUT2D eigenvalue weighted by molar-refractivity contribution is -0.120. The molecule has 1 aliphatic rings. The van der Waals surface area contributed by atoms with Crippen LogP contribution in [-0.2, 0) is 9.59 Å². The van der Waals surface area contributed by atoms with Crippen molar-refractivity contribution < 1.29 is 19.1 Å². The Bertz CT molecular complexity index is 1300. The monoisotopic (exact) mass is 573 g/mol. The quantitative estimate of drug-likeness (QED) is 0.149. The van der Waals surface area contributed by atoms with Crippen molar-refractivity contribution in [1.82, 2.24) is 0 Å². The number of carbonyl (C=O) groups excluding carboxylic acids is 3. The lowest BCUT2D eigenvalue weighted by Crippen LogP contribution is -2.32. The van der Waals surface area contributed by atoms with E-state index >= 15 is 0 Å². The van der Waals surface area contributed by atoms with Crippen LogP contribution in [-0.4, -0.2) is 17.8 Å². The molecule has 0 radical (unpaired) electrons. The van der Waals surface area contributed by atoms with Gasteiger partial charge in [0.25, 0.3) is 11.8 Å². The molecule has 0 aliphatic carbocycles. The number of amides is 2. The third kappa shape index (κ3) is 4.71. The molecular formula is C24H17ClIN3O4. The van der Waals surface area contributed by atoms with Crippen LogP contribution in [0.2, 0.25) is 0 Å². The average molecular weight is 574 g/mol. The van der Waals surface area contributed by atoms with Gasteiger partial charge in [0.2, 0.25) is 0 Å². The first-order chi connectivity index (χ1) is 15.7. The van der Waals surface area contributed by atoms with Crippen LogP contribution in [0.5, 0.6) is 5.75 Å². The molecule has 7 nitrogen and oxygen atoms in total. The molecule has 3 aromatic rings. The van der Waals surface area contributed by atoms with Crippen molar-refractivity contribution in [1.29, 1.82) is 0 Å². The molecule has 4 rings (SSSR count). The van der Waals surface area contributed by atoms with Gasteiger partial charge < -0.3 is 15.8 Å². The summed E-state index contributed by atoms with van der Waals surface area (Å²) in [6.45, 7) is 1.89. The largest absolute Gasteiger partial charge is 0.421 e. The molecule has 0 bridgehead atoms. The SMILES string of the molecule is Cc1ccc(OC(=O)c2ccc(NC3=C(Cl)C(=O)N(c4ccc(I)cc4)C3=O)cc2)c(N)c1. The van der Waals surface area contributed by atoms with Crippen molar-refractivity contribution in [3.05, 3.63) is 92.2 Å². The summed E-state index contributed by atoms with van der Waals surface area (Å²) in [5.74, 6) is -1.48. The van der Waals surface area contributed by atoms with E-state index in [0.29, 0.717) is 17.1 Å². The van der Waals surface area contributed by atoms with E-state index in [-0.39, 0.29) is 22.0 Å². The van der Waals surface area contributed by atoms with Crippen molar-refractivity contribution in [3.63, 3.8) is 0 Å². The van der Waals surface area contributed by atoms with Crippen LogP contribution in [0.25, 0.3) is 0 Å². The molecule has 33 heavy (non-hydrogen) atoms. The highest BCUT2D eigenvalue weighted by Crippen LogP contribution is 2.30. The average Bonchev–Trinajstić information content (AvgIpc) is 3.00. The molecule has 1 heterocycles. The summed E-state index contributed by atoms with van der Waals surface area (Å²) in [5, 5.41) is 2.66. The number of nitrogens with two attached hydrogens (primary N) is 1. The van der Waals surface area contributed by atoms with Gasteiger partial charge in [-0.1, -0.05) is 17.7 Å². The normalized spacial score (nSPS) is 13.5. The fourth-order valence-corrected chi connectivity index (χ4v) is 3.76. The summed E-state index contributed by atoms with van der Waals surface area (Å²) in [7, 11) is 0. The number of nitrogens with one attached hydrogen (secondary N) is 1. The van der Waals surface area contributed by atoms with Gasteiger partial charge in [-0.3, -0.25) is 9.59 Å². The zero-order valence-corrected chi connectivity index (χ0v) is 20.2. The number of hydrogen-bond donors (Lipinski definition) is 2. The van der Waals surface area contributed by atoms with Gasteiger partial charge in [-0.25, -0.2) is 9.69 Å². The first-order valence-electron chi connectivity index (χ1n) is 9.74. The molecule has 0 unspecified atom stereocenters. The maximum absolute atomic E-state index is 12.9. The van der Waals surface area contributed by atoms with E-state index in [0.717, 1.165) is 14.0 Å². The summed E-state index contributed by atoms with van der Waals surface area (Å²) in [4.78, 5) is 38.9. The van der Waals surface area contributed by atoms with E-state index in [1.54, 1.807) is 54.6 Å². The second kappa shape index (κ2) is 9.24. The summed E-state index contributed by atoms with van der Waals surface area (Å²) in [5.41, 5.74) is 8.36. The fraction of sp³-hybridized carbons (Fsp3) is 0.0417. The van der Waals surface area contributed by atoms with Crippen molar-refractivity contribution >= 4 is 69.0 Å². The van der Waals surface area contributed by atoms with E-state index in [1.807, 2.05) is 6.92 Å². The molecule has 3 N–H and O–H groups in total. The molecule has 0 atom stereocenters. The van der Waals surface area contributed by atoms with Gasteiger partial charge in [0, 0.05) is 9.26 Å². The van der Waals surface area contributed by atoms with E-state index in [2.05, 4.69) is 27.9 Å². The highest BCUT2D eigenvalue weighted by molar-refractivity contribution is 14.1. The molecule has 166 valence electrons. The fourth-order valence-electron chi connectivity index (χ4n) is 3.19. The number of rotatable bonds is 5. The number of hydrogen-bond acceptors (Lipinski definition) is 6. The van der Waals surface area contributed by atoms with Gasteiger partial charge in [0.15, 0.2) is 5.75 Å². The minimum atomic E-state index is -0.610. The number of benzene rings is 3. The van der Waals surface area contributed by atoms with E-state index in [9.17, 15) is 14.4 Å². The van der Waals surface area contributed by atoms with Crippen LogP contribution in [0, 0.1) is 10.5 Å².